The van der Waals surface area contributed by atoms with E-state index in [0.717, 1.165) is 47.9 Å². The van der Waals surface area contributed by atoms with Crippen molar-refractivity contribution in [3.8, 4) is 23.0 Å². The van der Waals surface area contributed by atoms with Crippen molar-refractivity contribution in [1.82, 2.24) is 0 Å². The van der Waals surface area contributed by atoms with E-state index in [1.165, 1.54) is 73.6 Å². The summed E-state index contributed by atoms with van der Waals surface area (Å²) in [7, 11) is 0. The van der Waals surface area contributed by atoms with Gasteiger partial charge in [-0.25, -0.2) is 0 Å². The molecule has 2 aliphatic rings. The molecular formula is C47H60O4. The quantitative estimate of drug-likeness (QED) is 0.134. The third kappa shape index (κ3) is 8.27. The van der Waals surface area contributed by atoms with Gasteiger partial charge in [-0.1, -0.05) is 38.1 Å². The van der Waals surface area contributed by atoms with Crippen molar-refractivity contribution in [2.24, 2.45) is 28.1 Å². The summed E-state index contributed by atoms with van der Waals surface area (Å²) >= 11 is 0. The van der Waals surface area contributed by atoms with Crippen LogP contribution in [-0.4, -0.2) is 20.4 Å². The molecule has 2 fully saturated rings. The number of phenolic OH excluding ortho intramolecular Hbond substituents is 4. The van der Waals surface area contributed by atoms with Gasteiger partial charge in [0.25, 0.3) is 0 Å². The van der Waals surface area contributed by atoms with Crippen LogP contribution >= 0.6 is 0 Å². The lowest BCUT2D eigenvalue weighted by Crippen LogP contribution is -2.42. The Labute approximate surface area is 306 Å². The Morgan fingerprint density at radius 1 is 0.451 bits per heavy atom. The zero-order valence-electron chi connectivity index (χ0n) is 31.9. The lowest BCUT2D eigenvalue weighted by molar-refractivity contribution is 0.00135. The van der Waals surface area contributed by atoms with Crippen molar-refractivity contribution in [2.45, 2.75) is 119 Å². The maximum atomic E-state index is 10.1. The number of hydrogen-bond donors (Lipinski definition) is 4. The van der Waals surface area contributed by atoms with Gasteiger partial charge in [0, 0.05) is 0 Å². The number of aromatic hydroxyl groups is 4. The summed E-state index contributed by atoms with van der Waals surface area (Å²) in [5.74, 6) is 2.67. The summed E-state index contributed by atoms with van der Waals surface area (Å²) in [4.78, 5) is 0. The molecule has 4 heteroatoms. The molecule has 2 saturated carbocycles. The molecule has 0 heterocycles. The molecule has 4 aromatic rings. The maximum Gasteiger partial charge on any atom is 0.115 e. The van der Waals surface area contributed by atoms with Gasteiger partial charge in [-0.15, -0.1) is 0 Å². The Bertz CT molecular complexity index is 1590. The van der Waals surface area contributed by atoms with E-state index < -0.39 is 0 Å². The molecule has 0 unspecified atom stereocenters. The monoisotopic (exact) mass is 688 g/mol. The molecule has 0 aliphatic heterocycles. The van der Waals surface area contributed by atoms with E-state index in [0.29, 0.717) is 34.8 Å². The molecule has 0 atom stereocenters. The summed E-state index contributed by atoms with van der Waals surface area (Å²) in [6, 6.07) is 23.5. The summed E-state index contributed by atoms with van der Waals surface area (Å²) in [6.07, 6.45) is 13.6. The molecule has 4 nitrogen and oxygen atoms in total. The number of rotatable bonds is 10. The predicted molar refractivity (Wildman–Crippen MR) is 209 cm³/mol. The Morgan fingerprint density at radius 2 is 0.686 bits per heavy atom. The van der Waals surface area contributed by atoms with E-state index in [1.54, 1.807) is 0 Å². The van der Waals surface area contributed by atoms with Crippen molar-refractivity contribution in [3.05, 3.63) is 117 Å². The van der Waals surface area contributed by atoms with Gasteiger partial charge in [0.2, 0.25) is 0 Å². The van der Waals surface area contributed by atoms with Crippen LogP contribution in [0.25, 0.3) is 0 Å². The van der Waals surface area contributed by atoms with E-state index in [2.05, 4.69) is 65.8 Å². The van der Waals surface area contributed by atoms with Crippen LogP contribution < -0.4 is 0 Å². The summed E-state index contributed by atoms with van der Waals surface area (Å²) in [5, 5.41) is 40.5. The second-order valence-electron chi connectivity index (χ2n) is 17.5. The minimum absolute atomic E-state index is 0.141. The van der Waals surface area contributed by atoms with Crippen LogP contribution in [0.15, 0.2) is 72.8 Å². The Balaban J connectivity index is 1.20. The van der Waals surface area contributed by atoms with Crippen molar-refractivity contribution >= 4 is 0 Å². The van der Waals surface area contributed by atoms with Gasteiger partial charge in [0.15, 0.2) is 0 Å². The first kappa shape index (κ1) is 36.9. The standard InChI is InChI=1S/C47H60O4/c1-31-23-41(48)11-7-35(31)27-46(28-36-8-12-42(49)24-32(36)2)19-15-39(16-20-46)45(5,6)40-17-21-47(22-18-40,29-37-9-13-43(50)25-33(37)3)30-38-10-14-44(51)26-34(38)4/h7-14,23-26,39-40,48-51H,15-22,27-30H2,1-6H3. The zero-order chi connectivity index (χ0) is 36.6. The van der Waals surface area contributed by atoms with E-state index in [1.807, 2.05) is 48.5 Å². The number of aryl methyl sites for hydroxylation is 4. The van der Waals surface area contributed by atoms with Gasteiger partial charge in [-0.05, 0) is 226 Å². The van der Waals surface area contributed by atoms with Crippen LogP contribution in [0.5, 0.6) is 23.0 Å². The molecule has 0 bridgehead atoms. The van der Waals surface area contributed by atoms with Crippen molar-refractivity contribution in [2.75, 3.05) is 0 Å². The molecule has 6 rings (SSSR count). The number of benzene rings is 4. The third-order valence-corrected chi connectivity index (χ3v) is 13.8. The highest BCUT2D eigenvalue weighted by molar-refractivity contribution is 5.39. The summed E-state index contributed by atoms with van der Waals surface area (Å²) in [5.41, 5.74) is 10.5. The molecule has 0 amide bonds. The molecule has 272 valence electrons. The Morgan fingerprint density at radius 3 is 0.902 bits per heavy atom. The molecule has 0 saturated heterocycles. The first-order valence-corrected chi connectivity index (χ1v) is 19.3. The van der Waals surface area contributed by atoms with E-state index >= 15 is 0 Å². The van der Waals surface area contributed by atoms with E-state index in [9.17, 15) is 20.4 Å². The largest absolute Gasteiger partial charge is 0.508 e. The first-order valence-electron chi connectivity index (χ1n) is 19.3. The lowest BCUT2D eigenvalue weighted by atomic mass is 9.53. The highest BCUT2D eigenvalue weighted by Gasteiger charge is 2.46. The fraction of sp³-hybridized carbons (Fsp3) is 0.489. The van der Waals surface area contributed by atoms with Crippen LogP contribution in [0.3, 0.4) is 0 Å². The van der Waals surface area contributed by atoms with Crippen LogP contribution in [-0.2, 0) is 25.7 Å². The fourth-order valence-corrected chi connectivity index (χ4v) is 10.2. The average Bonchev–Trinajstić information content (AvgIpc) is 3.07. The number of hydrogen-bond acceptors (Lipinski definition) is 4. The molecule has 4 N–H and O–H groups in total. The molecule has 0 aromatic heterocycles. The van der Waals surface area contributed by atoms with Gasteiger partial charge in [-0.2, -0.15) is 0 Å². The van der Waals surface area contributed by atoms with Crippen LogP contribution in [0.1, 0.15) is 110 Å². The predicted octanol–water partition coefficient (Wildman–Crippen LogP) is 11.4. The topological polar surface area (TPSA) is 80.9 Å². The first-order chi connectivity index (χ1) is 24.2. The Kier molecular flexibility index (Phi) is 10.6. The van der Waals surface area contributed by atoms with Gasteiger partial charge in [0.1, 0.15) is 23.0 Å². The zero-order valence-corrected chi connectivity index (χ0v) is 31.9. The van der Waals surface area contributed by atoms with Crippen LogP contribution in [0.4, 0.5) is 0 Å². The smallest absolute Gasteiger partial charge is 0.115 e. The van der Waals surface area contributed by atoms with Crippen molar-refractivity contribution in [1.29, 1.82) is 0 Å². The average molecular weight is 689 g/mol. The van der Waals surface area contributed by atoms with E-state index in [4.69, 9.17) is 0 Å². The minimum atomic E-state index is 0.141. The van der Waals surface area contributed by atoms with Crippen molar-refractivity contribution in [3.63, 3.8) is 0 Å². The molecule has 0 radical (unpaired) electrons. The van der Waals surface area contributed by atoms with Gasteiger partial charge >= 0.3 is 0 Å². The maximum absolute atomic E-state index is 10.1. The van der Waals surface area contributed by atoms with Gasteiger partial charge in [0.05, 0.1) is 0 Å². The minimum Gasteiger partial charge on any atom is -0.508 e. The molecule has 51 heavy (non-hydrogen) atoms. The Hall–Kier alpha value is -3.92. The van der Waals surface area contributed by atoms with Crippen LogP contribution in [0.2, 0.25) is 0 Å². The second-order valence-corrected chi connectivity index (χ2v) is 17.5. The van der Waals surface area contributed by atoms with Gasteiger partial charge in [-0.3, -0.25) is 0 Å². The molecule has 0 spiro atoms. The van der Waals surface area contributed by atoms with E-state index in [-0.39, 0.29) is 16.2 Å². The van der Waals surface area contributed by atoms with Crippen molar-refractivity contribution < 1.29 is 20.4 Å². The number of phenols is 4. The highest BCUT2D eigenvalue weighted by Crippen LogP contribution is 2.56. The molecule has 4 aromatic carbocycles. The normalized spacial score (nSPS) is 18.2. The summed E-state index contributed by atoms with van der Waals surface area (Å²) < 4.78 is 0. The third-order valence-electron chi connectivity index (χ3n) is 13.8. The lowest BCUT2D eigenvalue weighted by Gasteiger charge is -2.51. The fourth-order valence-electron chi connectivity index (χ4n) is 10.2. The summed E-state index contributed by atoms with van der Waals surface area (Å²) in [6.45, 7) is 13.6. The SMILES string of the molecule is Cc1cc(O)ccc1CC1(Cc2ccc(O)cc2C)CCC(C(C)(C)C2CCC(Cc3ccc(O)cc3C)(Cc3ccc(O)cc3C)CC2)CC1. The molecule has 2 aliphatic carbocycles. The molecular weight excluding hydrogens is 629 g/mol. The highest BCUT2D eigenvalue weighted by atomic mass is 16.3. The van der Waals surface area contributed by atoms with Crippen LogP contribution in [0, 0.1) is 55.8 Å². The van der Waals surface area contributed by atoms with Gasteiger partial charge < -0.3 is 20.4 Å². The second kappa shape index (κ2) is 14.6.